The first-order chi connectivity index (χ1) is 15.7. The topological polar surface area (TPSA) is 96.0 Å². The van der Waals surface area contributed by atoms with Crippen LogP contribution in [0.5, 0.6) is 0 Å². The minimum atomic E-state index is -4.14. The maximum Gasteiger partial charge on any atom is 0.263 e. The zero-order valence-electron chi connectivity index (χ0n) is 17.8. The highest BCUT2D eigenvalue weighted by molar-refractivity contribution is 7.93. The molecule has 4 rings (SSSR count). The Hall–Kier alpha value is -1.56. The summed E-state index contributed by atoms with van der Waals surface area (Å²) in [5.41, 5.74) is 0.805. The molecule has 0 bridgehead atoms. The lowest BCUT2D eigenvalue weighted by molar-refractivity contribution is 0.0730. The molecular weight excluding hydrogens is 509 g/mol. The molecule has 2 saturated heterocycles. The molecule has 0 aliphatic carbocycles. The molecule has 0 spiro atoms. The molecule has 0 aromatic heterocycles. The van der Waals surface area contributed by atoms with Gasteiger partial charge in [-0.2, -0.15) is 4.31 Å². The van der Waals surface area contributed by atoms with Gasteiger partial charge in [0.15, 0.2) is 0 Å². The molecule has 12 heteroatoms. The van der Waals surface area contributed by atoms with Crippen LogP contribution in [0.15, 0.2) is 46.2 Å². The summed E-state index contributed by atoms with van der Waals surface area (Å²) in [4.78, 5) is 1.90. The van der Waals surface area contributed by atoms with Crippen LogP contribution in [0.1, 0.15) is 19.3 Å². The maximum atomic E-state index is 13.2. The van der Waals surface area contributed by atoms with E-state index in [-0.39, 0.29) is 38.6 Å². The zero-order valence-corrected chi connectivity index (χ0v) is 21.0. The van der Waals surface area contributed by atoms with Crippen LogP contribution in [-0.4, -0.2) is 60.5 Å². The summed E-state index contributed by atoms with van der Waals surface area (Å²) in [5, 5.41) is 0.0164. The highest BCUT2D eigenvalue weighted by atomic mass is 35.5. The van der Waals surface area contributed by atoms with Gasteiger partial charge in [-0.3, -0.25) is 4.72 Å². The molecule has 2 aliphatic rings. The van der Waals surface area contributed by atoms with E-state index in [1.807, 2.05) is 0 Å². The highest BCUT2D eigenvalue weighted by Crippen LogP contribution is 2.35. The molecule has 2 heterocycles. The average Bonchev–Trinajstić information content (AvgIpc) is 2.81. The second-order valence-corrected chi connectivity index (χ2v) is 12.3. The summed E-state index contributed by atoms with van der Waals surface area (Å²) < 4.78 is 62.0. The van der Waals surface area contributed by atoms with E-state index in [1.165, 1.54) is 34.6 Å². The lowest BCUT2D eigenvalue weighted by Gasteiger charge is -2.31. The van der Waals surface area contributed by atoms with E-state index in [9.17, 15) is 16.8 Å². The molecule has 0 atom stereocenters. The van der Waals surface area contributed by atoms with Crippen molar-refractivity contribution in [3.05, 3.63) is 46.4 Å². The van der Waals surface area contributed by atoms with Gasteiger partial charge in [0.2, 0.25) is 10.0 Å². The van der Waals surface area contributed by atoms with Crippen LogP contribution in [0, 0.1) is 0 Å². The monoisotopic (exact) mass is 533 g/mol. The Morgan fingerprint density at radius 3 is 2.27 bits per heavy atom. The van der Waals surface area contributed by atoms with Crippen molar-refractivity contribution in [2.45, 2.75) is 29.1 Å². The van der Waals surface area contributed by atoms with Crippen LogP contribution < -0.4 is 9.62 Å². The molecule has 180 valence electrons. The smallest absolute Gasteiger partial charge is 0.263 e. The third-order valence-corrected chi connectivity index (χ3v) is 9.96. The van der Waals surface area contributed by atoms with E-state index in [0.29, 0.717) is 18.9 Å². The first-order valence-corrected chi connectivity index (χ1v) is 14.3. The molecule has 0 unspecified atom stereocenters. The maximum absolute atomic E-state index is 13.2. The van der Waals surface area contributed by atoms with E-state index < -0.39 is 20.0 Å². The largest absolute Gasteiger partial charge is 0.379 e. The van der Waals surface area contributed by atoms with Crippen LogP contribution in [0.2, 0.25) is 10.0 Å². The van der Waals surface area contributed by atoms with Gasteiger partial charge in [0.1, 0.15) is 4.90 Å². The van der Waals surface area contributed by atoms with Crippen molar-refractivity contribution >= 4 is 54.6 Å². The predicted molar refractivity (Wildman–Crippen MR) is 129 cm³/mol. The van der Waals surface area contributed by atoms with Gasteiger partial charge in [-0.05, 0) is 49.6 Å². The van der Waals surface area contributed by atoms with Crippen LogP contribution in [0.4, 0.5) is 11.4 Å². The number of halogens is 2. The summed E-state index contributed by atoms with van der Waals surface area (Å²) in [7, 11) is -7.95. The minimum Gasteiger partial charge on any atom is -0.379 e. The molecule has 1 N–H and O–H groups in total. The Morgan fingerprint density at radius 2 is 1.58 bits per heavy atom. The number of nitrogens with zero attached hydrogens (tertiary/aromatic N) is 2. The van der Waals surface area contributed by atoms with E-state index >= 15 is 0 Å². The van der Waals surface area contributed by atoms with Crippen molar-refractivity contribution in [1.82, 2.24) is 4.31 Å². The average molecular weight is 534 g/mol. The number of hydrogen-bond acceptors (Lipinski definition) is 6. The van der Waals surface area contributed by atoms with Gasteiger partial charge in [0.25, 0.3) is 10.0 Å². The van der Waals surface area contributed by atoms with Crippen molar-refractivity contribution in [3.8, 4) is 0 Å². The second-order valence-electron chi connectivity index (χ2n) is 7.90. The molecule has 33 heavy (non-hydrogen) atoms. The standard InChI is InChI=1S/C21H25Cl2N3O5S2/c22-17-5-4-6-20(21(17)23)32(27,28)24-18-15-16(33(29,30)26-11-13-31-14-12-26)7-8-19(18)25-9-2-1-3-10-25/h4-8,15,24H,1-3,9-14H2. The number of piperidine rings is 1. The molecular formula is C21H25Cl2N3O5S2. The molecule has 0 amide bonds. The lowest BCUT2D eigenvalue weighted by Crippen LogP contribution is -2.40. The molecule has 0 radical (unpaired) electrons. The van der Waals surface area contributed by atoms with E-state index in [1.54, 1.807) is 6.07 Å². The number of nitrogens with one attached hydrogen (secondary N) is 1. The molecule has 2 aliphatic heterocycles. The van der Waals surface area contributed by atoms with Crippen LogP contribution in [0.3, 0.4) is 0 Å². The van der Waals surface area contributed by atoms with Gasteiger partial charge in [0.05, 0.1) is 39.5 Å². The van der Waals surface area contributed by atoms with Crippen molar-refractivity contribution in [2.75, 3.05) is 49.0 Å². The third-order valence-electron chi connectivity index (χ3n) is 5.72. The fourth-order valence-electron chi connectivity index (χ4n) is 4.00. The quantitative estimate of drug-likeness (QED) is 0.606. The summed E-state index contributed by atoms with van der Waals surface area (Å²) in [6.07, 6.45) is 3.04. The van der Waals surface area contributed by atoms with Crippen LogP contribution in [0.25, 0.3) is 0 Å². The van der Waals surface area contributed by atoms with Crippen LogP contribution in [-0.2, 0) is 24.8 Å². The van der Waals surface area contributed by atoms with Crippen molar-refractivity contribution in [1.29, 1.82) is 0 Å². The lowest BCUT2D eigenvalue weighted by atomic mass is 10.1. The summed E-state index contributed by atoms with van der Waals surface area (Å²) in [5.74, 6) is 0. The number of ether oxygens (including phenoxy) is 1. The highest BCUT2D eigenvalue weighted by Gasteiger charge is 2.29. The van der Waals surface area contributed by atoms with Crippen molar-refractivity contribution in [2.24, 2.45) is 0 Å². The van der Waals surface area contributed by atoms with Gasteiger partial charge < -0.3 is 9.64 Å². The Labute approximate surface area is 204 Å². The van der Waals surface area contributed by atoms with Crippen molar-refractivity contribution in [3.63, 3.8) is 0 Å². The number of rotatable bonds is 6. The van der Waals surface area contributed by atoms with E-state index in [4.69, 9.17) is 27.9 Å². The van der Waals surface area contributed by atoms with Gasteiger partial charge >= 0.3 is 0 Å². The molecule has 8 nitrogen and oxygen atoms in total. The van der Waals surface area contributed by atoms with E-state index in [0.717, 1.165) is 32.4 Å². The Morgan fingerprint density at radius 1 is 0.879 bits per heavy atom. The van der Waals surface area contributed by atoms with Gasteiger partial charge in [-0.15, -0.1) is 0 Å². The first-order valence-electron chi connectivity index (χ1n) is 10.6. The Kier molecular flexibility index (Phi) is 7.42. The van der Waals surface area contributed by atoms with Gasteiger partial charge in [-0.1, -0.05) is 29.3 Å². The molecule has 2 aromatic carbocycles. The second kappa shape index (κ2) is 9.97. The first kappa shape index (κ1) is 24.6. The van der Waals surface area contributed by atoms with Gasteiger partial charge in [0, 0.05) is 26.2 Å². The molecule has 2 fully saturated rings. The molecule has 2 aromatic rings. The number of morpholine rings is 1. The normalized spacial score (nSPS) is 18.3. The number of anilines is 2. The number of sulfonamides is 2. The number of hydrogen-bond donors (Lipinski definition) is 1. The minimum absolute atomic E-state index is 0.0139. The Bertz CT molecular complexity index is 1230. The third kappa shape index (κ3) is 5.26. The molecule has 0 saturated carbocycles. The number of benzene rings is 2. The SMILES string of the molecule is O=S(=O)(Nc1cc(S(=O)(=O)N2CCOCC2)ccc1N1CCCCC1)c1cccc(Cl)c1Cl. The summed E-state index contributed by atoms with van der Waals surface area (Å²) in [6, 6.07) is 8.91. The van der Waals surface area contributed by atoms with Crippen molar-refractivity contribution < 1.29 is 21.6 Å². The Balaban J connectivity index is 1.76. The summed E-state index contributed by atoms with van der Waals surface area (Å²) >= 11 is 12.2. The van der Waals surface area contributed by atoms with Crippen LogP contribution >= 0.6 is 23.2 Å². The van der Waals surface area contributed by atoms with E-state index in [2.05, 4.69) is 9.62 Å². The zero-order chi connectivity index (χ0) is 23.6. The summed E-state index contributed by atoms with van der Waals surface area (Å²) in [6.45, 7) is 2.63. The van der Waals surface area contributed by atoms with Gasteiger partial charge in [-0.25, -0.2) is 16.8 Å². The predicted octanol–water partition coefficient (Wildman–Crippen LogP) is 3.81. The fraction of sp³-hybridized carbons (Fsp3) is 0.429. The fourth-order valence-corrected chi connectivity index (χ4v) is 7.26.